The van der Waals surface area contributed by atoms with E-state index in [1.54, 1.807) is 12.1 Å². The van der Waals surface area contributed by atoms with Crippen LogP contribution in [0.3, 0.4) is 0 Å². The Labute approximate surface area is 217 Å². The third kappa shape index (κ3) is 6.82. The molecule has 7 heteroatoms. The largest absolute Gasteiger partial charge is 0.349 e. The number of amides is 3. The molecule has 0 spiro atoms. The standard InChI is InChI=1S/C29H35N3O3S/c1-6-21-12-16-23(17-13-21)32(25(33)19-30-27(34)24-9-8-18-36-24)26(22-14-10-20(3)11-15-22)28(35)31-29(4,5)7-2/h8-18,26H,6-7,19H2,1-5H3,(H,30,34)(H,31,35)/t26-/m1/s1. The molecular formula is C29H35N3O3S. The van der Waals surface area contributed by atoms with E-state index in [1.165, 1.54) is 16.2 Å². The van der Waals surface area contributed by atoms with Gasteiger partial charge in [0.25, 0.3) is 5.91 Å². The molecule has 3 aromatic rings. The fourth-order valence-electron chi connectivity index (χ4n) is 3.72. The first kappa shape index (κ1) is 27.1. The predicted octanol–water partition coefficient (Wildman–Crippen LogP) is 5.43. The van der Waals surface area contributed by atoms with Crippen LogP contribution in [0.15, 0.2) is 66.0 Å². The molecule has 0 aliphatic heterocycles. The minimum Gasteiger partial charge on any atom is -0.349 e. The van der Waals surface area contributed by atoms with Crippen molar-refractivity contribution in [3.63, 3.8) is 0 Å². The summed E-state index contributed by atoms with van der Waals surface area (Å²) in [5.41, 5.74) is 3.02. The van der Waals surface area contributed by atoms with Crippen molar-refractivity contribution in [3.8, 4) is 0 Å². The second kappa shape index (κ2) is 12.0. The predicted molar refractivity (Wildman–Crippen MR) is 146 cm³/mol. The summed E-state index contributed by atoms with van der Waals surface area (Å²) in [7, 11) is 0. The van der Waals surface area contributed by atoms with Crippen LogP contribution in [0.2, 0.25) is 0 Å². The number of thiophene rings is 1. The van der Waals surface area contributed by atoms with Crippen molar-refractivity contribution >= 4 is 34.7 Å². The molecule has 0 bridgehead atoms. The van der Waals surface area contributed by atoms with Gasteiger partial charge in [0.1, 0.15) is 6.04 Å². The summed E-state index contributed by atoms with van der Waals surface area (Å²) >= 11 is 1.31. The smallest absolute Gasteiger partial charge is 0.261 e. The lowest BCUT2D eigenvalue weighted by molar-refractivity contribution is -0.127. The highest BCUT2D eigenvalue weighted by molar-refractivity contribution is 7.12. The van der Waals surface area contributed by atoms with Crippen molar-refractivity contribution in [1.82, 2.24) is 10.6 Å². The Kier molecular flexibility index (Phi) is 9.04. The van der Waals surface area contributed by atoms with Gasteiger partial charge in [-0.3, -0.25) is 19.3 Å². The lowest BCUT2D eigenvalue weighted by Crippen LogP contribution is -2.52. The van der Waals surface area contributed by atoms with E-state index in [-0.39, 0.29) is 24.3 Å². The van der Waals surface area contributed by atoms with Crippen LogP contribution in [-0.2, 0) is 16.0 Å². The highest BCUT2D eigenvalue weighted by Crippen LogP contribution is 2.30. The molecular weight excluding hydrogens is 470 g/mol. The molecule has 3 rings (SSSR count). The van der Waals surface area contributed by atoms with Crippen LogP contribution < -0.4 is 15.5 Å². The maximum Gasteiger partial charge on any atom is 0.261 e. The highest BCUT2D eigenvalue weighted by Gasteiger charge is 2.35. The van der Waals surface area contributed by atoms with Crippen LogP contribution in [0.25, 0.3) is 0 Å². The van der Waals surface area contributed by atoms with Gasteiger partial charge in [0.05, 0.1) is 11.4 Å². The van der Waals surface area contributed by atoms with Gasteiger partial charge >= 0.3 is 0 Å². The summed E-state index contributed by atoms with van der Waals surface area (Å²) < 4.78 is 0. The molecule has 3 amide bonds. The van der Waals surface area contributed by atoms with Gasteiger partial charge in [0, 0.05) is 11.2 Å². The Morgan fingerprint density at radius 2 is 1.64 bits per heavy atom. The minimum absolute atomic E-state index is 0.237. The average molecular weight is 506 g/mol. The first-order valence-corrected chi connectivity index (χ1v) is 13.1. The molecule has 0 saturated heterocycles. The summed E-state index contributed by atoms with van der Waals surface area (Å²) in [6.45, 7) is 9.73. The van der Waals surface area contributed by atoms with Crippen molar-refractivity contribution in [1.29, 1.82) is 0 Å². The molecule has 1 heterocycles. The zero-order valence-electron chi connectivity index (χ0n) is 21.6. The number of nitrogens with zero attached hydrogens (tertiary/aromatic N) is 1. The van der Waals surface area contributed by atoms with Gasteiger partial charge in [-0.2, -0.15) is 0 Å². The molecule has 0 radical (unpaired) electrons. The molecule has 2 aromatic carbocycles. The zero-order valence-corrected chi connectivity index (χ0v) is 22.4. The number of carbonyl (C=O) groups excluding carboxylic acids is 3. The van der Waals surface area contributed by atoms with Crippen LogP contribution >= 0.6 is 11.3 Å². The number of rotatable bonds is 10. The van der Waals surface area contributed by atoms with E-state index < -0.39 is 11.6 Å². The fourth-order valence-corrected chi connectivity index (χ4v) is 4.36. The van der Waals surface area contributed by atoms with Crippen molar-refractivity contribution in [2.75, 3.05) is 11.4 Å². The van der Waals surface area contributed by atoms with E-state index in [4.69, 9.17) is 0 Å². The van der Waals surface area contributed by atoms with Crippen molar-refractivity contribution in [2.45, 2.75) is 59.0 Å². The number of nitrogens with one attached hydrogen (secondary N) is 2. The van der Waals surface area contributed by atoms with E-state index in [0.717, 1.165) is 24.0 Å². The van der Waals surface area contributed by atoms with E-state index in [9.17, 15) is 14.4 Å². The second-order valence-electron chi connectivity index (χ2n) is 9.48. The van der Waals surface area contributed by atoms with Crippen LogP contribution in [0.1, 0.15) is 66.5 Å². The molecule has 0 fully saturated rings. The van der Waals surface area contributed by atoms with E-state index in [0.29, 0.717) is 16.1 Å². The number of carbonyl (C=O) groups is 3. The molecule has 190 valence electrons. The monoisotopic (exact) mass is 505 g/mol. The van der Waals surface area contributed by atoms with E-state index in [1.807, 2.05) is 81.6 Å². The Morgan fingerprint density at radius 3 is 2.19 bits per heavy atom. The highest BCUT2D eigenvalue weighted by atomic mass is 32.1. The van der Waals surface area contributed by atoms with Gasteiger partial charge in [0.2, 0.25) is 11.8 Å². The molecule has 0 saturated carbocycles. The average Bonchev–Trinajstić information content (AvgIpc) is 3.41. The third-order valence-corrected chi connectivity index (χ3v) is 7.15. The maximum atomic E-state index is 13.8. The number of anilines is 1. The maximum absolute atomic E-state index is 13.8. The second-order valence-corrected chi connectivity index (χ2v) is 10.4. The van der Waals surface area contributed by atoms with Crippen molar-refractivity contribution < 1.29 is 14.4 Å². The van der Waals surface area contributed by atoms with Crippen LogP contribution in [0.4, 0.5) is 5.69 Å². The Morgan fingerprint density at radius 1 is 0.972 bits per heavy atom. The first-order chi connectivity index (χ1) is 17.1. The molecule has 6 nitrogen and oxygen atoms in total. The lowest BCUT2D eigenvalue weighted by atomic mass is 9.97. The molecule has 0 aliphatic rings. The fraction of sp³-hybridized carbons (Fsp3) is 0.345. The Balaban J connectivity index is 2.03. The summed E-state index contributed by atoms with van der Waals surface area (Å²) in [6, 6.07) is 17.8. The molecule has 0 unspecified atom stereocenters. The molecule has 36 heavy (non-hydrogen) atoms. The topological polar surface area (TPSA) is 78.5 Å². The molecule has 1 atom stereocenters. The number of hydrogen-bond acceptors (Lipinski definition) is 4. The summed E-state index contributed by atoms with van der Waals surface area (Å²) in [5, 5.41) is 7.65. The van der Waals surface area contributed by atoms with Gasteiger partial charge in [-0.15, -0.1) is 11.3 Å². The molecule has 2 N–H and O–H groups in total. The van der Waals surface area contributed by atoms with Gasteiger partial charge in [-0.1, -0.05) is 61.9 Å². The van der Waals surface area contributed by atoms with E-state index >= 15 is 0 Å². The third-order valence-electron chi connectivity index (χ3n) is 6.28. The lowest BCUT2D eigenvalue weighted by Gasteiger charge is -2.35. The van der Waals surface area contributed by atoms with Gasteiger partial charge < -0.3 is 10.6 Å². The van der Waals surface area contributed by atoms with Crippen LogP contribution in [0.5, 0.6) is 0 Å². The van der Waals surface area contributed by atoms with Gasteiger partial charge in [-0.05, 0) is 68.3 Å². The SMILES string of the molecule is CCc1ccc(N(C(=O)CNC(=O)c2cccs2)[C@@H](C(=O)NC(C)(C)CC)c2ccc(C)cc2)cc1. The van der Waals surface area contributed by atoms with Crippen molar-refractivity contribution in [2.24, 2.45) is 0 Å². The normalized spacial score (nSPS) is 12.0. The minimum atomic E-state index is -0.907. The summed E-state index contributed by atoms with van der Waals surface area (Å²) in [5.74, 6) is -0.967. The zero-order chi connectivity index (χ0) is 26.3. The van der Waals surface area contributed by atoms with Gasteiger partial charge in [-0.25, -0.2) is 0 Å². The van der Waals surface area contributed by atoms with Gasteiger partial charge in [0.15, 0.2) is 0 Å². The van der Waals surface area contributed by atoms with Crippen molar-refractivity contribution in [3.05, 3.63) is 87.6 Å². The quantitative estimate of drug-likeness (QED) is 0.386. The number of benzene rings is 2. The first-order valence-electron chi connectivity index (χ1n) is 12.3. The van der Waals surface area contributed by atoms with E-state index in [2.05, 4.69) is 17.6 Å². The number of aryl methyl sites for hydroxylation is 2. The summed E-state index contributed by atoms with van der Waals surface area (Å²) in [6.07, 6.45) is 1.59. The Hall–Kier alpha value is -3.45. The summed E-state index contributed by atoms with van der Waals surface area (Å²) in [4.78, 5) is 42.1. The Bertz CT molecular complexity index is 1170. The van der Waals surface area contributed by atoms with Crippen LogP contribution in [0, 0.1) is 6.92 Å². The molecule has 1 aromatic heterocycles. The number of hydrogen-bond donors (Lipinski definition) is 2. The van der Waals surface area contributed by atoms with Crippen LogP contribution in [-0.4, -0.2) is 29.8 Å². The molecule has 0 aliphatic carbocycles.